The van der Waals surface area contributed by atoms with Crippen molar-refractivity contribution >= 4 is 17.8 Å². The molecular weight excluding hydrogens is 258 g/mol. The van der Waals surface area contributed by atoms with Crippen LogP contribution in [-0.4, -0.2) is 34.3 Å². The van der Waals surface area contributed by atoms with Gasteiger partial charge in [-0.3, -0.25) is 9.59 Å². The first-order valence-electron chi connectivity index (χ1n) is 6.99. The Hall–Kier alpha value is -1.39. The number of rotatable bonds is 2. The second-order valence-corrected chi connectivity index (χ2v) is 7.29. The van der Waals surface area contributed by atoms with Gasteiger partial charge in [0.05, 0.1) is 0 Å². The lowest BCUT2D eigenvalue weighted by Crippen LogP contribution is -2.44. The minimum atomic E-state index is -1.16. The number of hydrogen-bond acceptors (Lipinski definition) is 4. The molecule has 2 amide bonds. The lowest BCUT2D eigenvalue weighted by molar-refractivity contribution is -0.136. The number of hydrogen-bond donors (Lipinski definition) is 0. The van der Waals surface area contributed by atoms with Crippen molar-refractivity contribution in [2.24, 2.45) is 11.3 Å². The second-order valence-electron chi connectivity index (χ2n) is 7.29. The number of Topliss-reactive ketones (excluding diaryl/α,β-unsaturated/α-hetero) is 1. The number of likely N-dealkylation sites (tertiary alicyclic amines) is 1. The van der Waals surface area contributed by atoms with Crippen LogP contribution in [0.25, 0.3) is 0 Å². The normalized spacial score (nSPS) is 22.6. The number of ketones is 1. The molecule has 1 saturated heterocycles. The fourth-order valence-electron chi connectivity index (χ4n) is 2.26. The van der Waals surface area contributed by atoms with Gasteiger partial charge in [-0.2, -0.15) is 0 Å². The van der Waals surface area contributed by atoms with Gasteiger partial charge in [0.2, 0.25) is 5.91 Å². The van der Waals surface area contributed by atoms with Crippen molar-refractivity contribution in [3.05, 3.63) is 0 Å². The molecule has 1 rings (SSSR count). The van der Waals surface area contributed by atoms with Crippen molar-refractivity contribution in [1.82, 2.24) is 4.90 Å². The molecule has 0 N–H and O–H groups in total. The minimum absolute atomic E-state index is 0.204. The number of ether oxygens (including phenoxy) is 1. The predicted octanol–water partition coefficient (Wildman–Crippen LogP) is 2.77. The Morgan fingerprint density at radius 1 is 1.30 bits per heavy atom. The van der Waals surface area contributed by atoms with Gasteiger partial charge < -0.3 is 4.74 Å². The molecular formula is C15H25NO4. The summed E-state index contributed by atoms with van der Waals surface area (Å²) in [6.07, 6.45) is -0.264. The number of carbonyl (C=O) groups is 3. The van der Waals surface area contributed by atoms with Gasteiger partial charge in [0, 0.05) is 0 Å². The zero-order valence-electron chi connectivity index (χ0n) is 13.4. The highest BCUT2D eigenvalue weighted by molar-refractivity contribution is 6.18. The molecule has 5 nitrogen and oxygen atoms in total. The highest BCUT2D eigenvalue weighted by Crippen LogP contribution is 2.35. The SMILES string of the molecule is CC(C)C[C@H]1C(=O)C(C)(C)C(=O)N1C(=O)OC(C)(C)C. The monoisotopic (exact) mass is 283 g/mol. The van der Waals surface area contributed by atoms with Gasteiger partial charge in [-0.15, -0.1) is 0 Å². The molecule has 1 aliphatic rings. The topological polar surface area (TPSA) is 63.7 Å². The Morgan fingerprint density at radius 3 is 2.20 bits per heavy atom. The third-order valence-electron chi connectivity index (χ3n) is 3.27. The first-order chi connectivity index (χ1) is 8.88. The highest BCUT2D eigenvalue weighted by atomic mass is 16.6. The quantitative estimate of drug-likeness (QED) is 0.731. The molecule has 0 radical (unpaired) electrons. The molecule has 0 bridgehead atoms. The Balaban J connectivity index is 3.09. The fraction of sp³-hybridized carbons (Fsp3) is 0.800. The van der Waals surface area contributed by atoms with Crippen molar-refractivity contribution in [1.29, 1.82) is 0 Å². The molecule has 1 fully saturated rings. The maximum atomic E-state index is 12.4. The van der Waals surface area contributed by atoms with E-state index in [0.29, 0.717) is 6.42 Å². The average molecular weight is 283 g/mol. The first-order valence-corrected chi connectivity index (χ1v) is 6.99. The molecule has 5 heteroatoms. The zero-order valence-corrected chi connectivity index (χ0v) is 13.4. The Bertz CT molecular complexity index is 432. The zero-order chi connectivity index (χ0) is 15.9. The van der Waals surface area contributed by atoms with Gasteiger partial charge in [-0.25, -0.2) is 9.69 Å². The van der Waals surface area contributed by atoms with E-state index in [1.54, 1.807) is 34.6 Å². The average Bonchev–Trinajstić information content (AvgIpc) is 2.37. The van der Waals surface area contributed by atoms with Crippen LogP contribution in [0.2, 0.25) is 0 Å². The van der Waals surface area contributed by atoms with Crippen molar-refractivity contribution in [2.75, 3.05) is 0 Å². The van der Waals surface area contributed by atoms with E-state index in [-0.39, 0.29) is 11.7 Å². The van der Waals surface area contributed by atoms with E-state index in [9.17, 15) is 14.4 Å². The summed E-state index contributed by atoms with van der Waals surface area (Å²) in [5, 5.41) is 0. The van der Waals surface area contributed by atoms with Crippen LogP contribution in [0.3, 0.4) is 0 Å². The summed E-state index contributed by atoms with van der Waals surface area (Å²) in [5.74, 6) is -0.472. The van der Waals surface area contributed by atoms with Gasteiger partial charge in [-0.05, 0) is 47.0 Å². The van der Waals surface area contributed by atoms with Crippen LogP contribution in [0, 0.1) is 11.3 Å². The first kappa shape index (κ1) is 16.7. The maximum Gasteiger partial charge on any atom is 0.417 e. The molecule has 0 spiro atoms. The summed E-state index contributed by atoms with van der Waals surface area (Å²) in [6, 6.07) is -0.715. The van der Waals surface area contributed by atoms with Gasteiger partial charge in [0.15, 0.2) is 5.78 Å². The minimum Gasteiger partial charge on any atom is -0.443 e. The summed E-state index contributed by atoms with van der Waals surface area (Å²) in [7, 11) is 0. The van der Waals surface area contributed by atoms with Crippen molar-refractivity contribution < 1.29 is 19.1 Å². The van der Waals surface area contributed by atoms with E-state index in [1.807, 2.05) is 13.8 Å². The number of imide groups is 1. The van der Waals surface area contributed by atoms with Crippen molar-refractivity contribution in [2.45, 2.75) is 66.5 Å². The van der Waals surface area contributed by atoms with E-state index in [4.69, 9.17) is 4.74 Å². The summed E-state index contributed by atoms with van der Waals surface area (Å²) in [4.78, 5) is 38.0. The van der Waals surface area contributed by atoms with E-state index in [0.717, 1.165) is 4.90 Å². The molecule has 1 aliphatic heterocycles. The molecule has 1 atom stereocenters. The molecule has 0 unspecified atom stereocenters. The van der Waals surface area contributed by atoms with Crippen LogP contribution in [0.1, 0.15) is 54.9 Å². The molecule has 20 heavy (non-hydrogen) atoms. The third kappa shape index (κ3) is 3.19. The van der Waals surface area contributed by atoms with Gasteiger partial charge in [0.1, 0.15) is 17.1 Å². The van der Waals surface area contributed by atoms with E-state index in [2.05, 4.69) is 0 Å². The molecule has 0 aromatic carbocycles. The Morgan fingerprint density at radius 2 is 1.80 bits per heavy atom. The number of carbonyl (C=O) groups excluding carboxylic acids is 3. The van der Waals surface area contributed by atoms with E-state index < -0.39 is 29.1 Å². The van der Waals surface area contributed by atoms with Gasteiger partial charge in [-0.1, -0.05) is 13.8 Å². The lowest BCUT2D eigenvalue weighted by Gasteiger charge is -2.27. The Labute approximate surface area is 120 Å². The van der Waals surface area contributed by atoms with Crippen LogP contribution < -0.4 is 0 Å². The van der Waals surface area contributed by atoms with Crippen LogP contribution in [0.15, 0.2) is 0 Å². The molecule has 0 saturated carbocycles. The van der Waals surface area contributed by atoms with Crippen molar-refractivity contribution in [3.63, 3.8) is 0 Å². The highest BCUT2D eigenvalue weighted by Gasteiger charge is 2.56. The molecule has 0 aromatic heterocycles. The van der Waals surface area contributed by atoms with Crippen molar-refractivity contribution in [3.8, 4) is 0 Å². The van der Waals surface area contributed by atoms with E-state index >= 15 is 0 Å². The van der Waals surface area contributed by atoms with E-state index in [1.165, 1.54) is 0 Å². The lowest BCUT2D eigenvalue weighted by atomic mass is 9.86. The summed E-state index contributed by atoms with van der Waals surface area (Å²) < 4.78 is 5.26. The molecule has 114 valence electrons. The van der Waals surface area contributed by atoms with Gasteiger partial charge in [0.25, 0.3) is 0 Å². The van der Waals surface area contributed by atoms with Crippen LogP contribution in [0.5, 0.6) is 0 Å². The third-order valence-corrected chi connectivity index (χ3v) is 3.27. The molecule has 0 aromatic rings. The Kier molecular flexibility index (Phi) is 4.32. The smallest absolute Gasteiger partial charge is 0.417 e. The summed E-state index contributed by atoms with van der Waals surface area (Å²) in [5.41, 5.74) is -1.86. The second kappa shape index (κ2) is 5.19. The summed E-state index contributed by atoms with van der Waals surface area (Å²) >= 11 is 0. The largest absolute Gasteiger partial charge is 0.443 e. The number of nitrogens with zero attached hydrogens (tertiary/aromatic N) is 1. The standard InChI is InChI=1S/C15H25NO4/c1-9(2)8-10-11(17)15(6,7)12(18)16(10)13(19)20-14(3,4)5/h9-10H,8H2,1-7H3/t10-/m0/s1. The summed E-state index contributed by atoms with van der Waals surface area (Å²) in [6.45, 7) is 12.2. The fourth-order valence-corrected chi connectivity index (χ4v) is 2.26. The van der Waals surface area contributed by atoms with Crippen LogP contribution in [-0.2, 0) is 14.3 Å². The van der Waals surface area contributed by atoms with Crippen LogP contribution in [0.4, 0.5) is 4.79 Å². The van der Waals surface area contributed by atoms with Gasteiger partial charge >= 0.3 is 6.09 Å². The molecule has 0 aliphatic carbocycles. The predicted molar refractivity (Wildman–Crippen MR) is 75.1 cm³/mol. The number of amides is 2. The molecule has 1 heterocycles. The van der Waals surface area contributed by atoms with Crippen LogP contribution >= 0.6 is 0 Å². The maximum absolute atomic E-state index is 12.4.